The predicted octanol–water partition coefficient (Wildman–Crippen LogP) is 2.60. The summed E-state index contributed by atoms with van der Waals surface area (Å²) in [5.41, 5.74) is 0.519. The number of carbonyl (C=O) groups excluding carboxylic acids is 2. The first-order chi connectivity index (χ1) is 15.9. The van der Waals surface area contributed by atoms with Crippen LogP contribution in [0.5, 0.6) is 0 Å². The summed E-state index contributed by atoms with van der Waals surface area (Å²) >= 11 is 4.07. The van der Waals surface area contributed by atoms with Crippen molar-refractivity contribution in [3.05, 3.63) is 22.1 Å². The SMILES string of the molecule is CCCCCC(=O)O[C@H](C)[C@H]1C(=O)N2C(C(=O)O)=C(SCSc3ccc4nnnn4n3)S[C@H]12. The van der Waals surface area contributed by atoms with E-state index in [0.29, 0.717) is 26.4 Å². The summed E-state index contributed by atoms with van der Waals surface area (Å²) in [4.78, 5) is 38.0. The van der Waals surface area contributed by atoms with Gasteiger partial charge in [-0.3, -0.25) is 14.5 Å². The van der Waals surface area contributed by atoms with Gasteiger partial charge in [0.05, 0.1) is 9.32 Å². The van der Waals surface area contributed by atoms with Gasteiger partial charge in [0.15, 0.2) is 11.3 Å². The van der Waals surface area contributed by atoms with E-state index in [0.717, 1.165) is 19.3 Å². The van der Waals surface area contributed by atoms with Crippen LogP contribution < -0.4 is 0 Å². The highest BCUT2D eigenvalue weighted by Gasteiger charge is 2.58. The highest BCUT2D eigenvalue weighted by Crippen LogP contribution is 2.54. The summed E-state index contributed by atoms with van der Waals surface area (Å²) in [7, 11) is 0. The van der Waals surface area contributed by atoms with Crippen LogP contribution in [0.3, 0.4) is 0 Å². The molecular weight excluding hydrogens is 488 g/mol. The maximum Gasteiger partial charge on any atom is 0.354 e. The van der Waals surface area contributed by atoms with Crippen LogP contribution in [-0.2, 0) is 19.1 Å². The van der Waals surface area contributed by atoms with Crippen LogP contribution in [0.4, 0.5) is 0 Å². The Kier molecular flexibility index (Phi) is 7.44. The Hall–Kier alpha value is -2.32. The van der Waals surface area contributed by atoms with Crippen molar-refractivity contribution in [2.45, 2.75) is 56.0 Å². The van der Waals surface area contributed by atoms with Crippen LogP contribution in [0.15, 0.2) is 27.1 Å². The molecule has 1 saturated heterocycles. The number of carbonyl (C=O) groups is 3. The quantitative estimate of drug-likeness (QED) is 0.156. The molecule has 14 heteroatoms. The number of hydrogen-bond donors (Lipinski definition) is 1. The lowest BCUT2D eigenvalue weighted by molar-refractivity contribution is -0.166. The van der Waals surface area contributed by atoms with E-state index in [1.165, 1.54) is 44.8 Å². The molecule has 0 spiro atoms. The summed E-state index contributed by atoms with van der Waals surface area (Å²) in [6, 6.07) is 3.53. The Morgan fingerprint density at radius 1 is 1.30 bits per heavy atom. The van der Waals surface area contributed by atoms with Crippen LogP contribution in [0.25, 0.3) is 5.65 Å². The number of hydrogen-bond acceptors (Lipinski definition) is 11. The standard InChI is InChI=1S/C19H22N6O5S3/c1-3-4-5-6-13(26)30-10(2)14-16(27)24-15(18(28)29)19(33-17(14)24)32-9-31-12-8-7-11-20-22-23-25(11)21-12/h7-8,10,14,17H,3-6,9H2,1-2H3,(H,28,29)/t10-,14+,17-/m1/s1. The van der Waals surface area contributed by atoms with E-state index in [-0.39, 0.29) is 22.9 Å². The first-order valence-electron chi connectivity index (χ1n) is 10.4. The van der Waals surface area contributed by atoms with Gasteiger partial charge in [0.25, 0.3) is 0 Å². The number of β-lactam (4-membered cyclic amide) rings is 1. The molecule has 0 aliphatic carbocycles. The van der Waals surface area contributed by atoms with Crippen LogP contribution in [0, 0.1) is 5.92 Å². The molecule has 11 nitrogen and oxygen atoms in total. The molecule has 2 aliphatic heterocycles. The van der Waals surface area contributed by atoms with Crippen LogP contribution in [-0.4, -0.2) is 69.7 Å². The summed E-state index contributed by atoms with van der Waals surface area (Å²) in [6.45, 7) is 3.75. The van der Waals surface area contributed by atoms with Gasteiger partial charge in [-0.2, -0.15) is 0 Å². The van der Waals surface area contributed by atoms with E-state index in [4.69, 9.17) is 4.74 Å². The molecule has 2 aromatic heterocycles. The van der Waals surface area contributed by atoms with Gasteiger partial charge < -0.3 is 9.84 Å². The minimum absolute atomic E-state index is 0.0118. The Morgan fingerprint density at radius 2 is 2.12 bits per heavy atom. The number of unbranched alkanes of at least 4 members (excludes halogenated alkanes) is 2. The minimum Gasteiger partial charge on any atom is -0.477 e. The van der Waals surface area contributed by atoms with Crippen molar-refractivity contribution >= 4 is 58.8 Å². The molecule has 176 valence electrons. The molecule has 0 saturated carbocycles. The smallest absolute Gasteiger partial charge is 0.354 e. The summed E-state index contributed by atoms with van der Waals surface area (Å²) in [5.74, 6) is -2.36. The summed E-state index contributed by atoms with van der Waals surface area (Å²) < 4.78 is 7.35. The fourth-order valence-corrected chi connectivity index (χ4v) is 7.64. The average molecular weight is 511 g/mol. The van der Waals surface area contributed by atoms with Gasteiger partial charge in [-0.1, -0.05) is 43.3 Å². The lowest BCUT2D eigenvalue weighted by Crippen LogP contribution is -2.61. The van der Waals surface area contributed by atoms with Crippen LogP contribution in [0.2, 0.25) is 0 Å². The van der Waals surface area contributed by atoms with Gasteiger partial charge in [0, 0.05) is 6.42 Å². The van der Waals surface area contributed by atoms with Gasteiger partial charge in [-0.25, -0.2) is 4.79 Å². The normalized spacial score (nSPS) is 20.7. The Balaban J connectivity index is 1.36. The van der Waals surface area contributed by atoms with Crippen molar-refractivity contribution in [3.63, 3.8) is 0 Å². The predicted molar refractivity (Wildman–Crippen MR) is 123 cm³/mol. The molecule has 0 radical (unpaired) electrons. The van der Waals surface area contributed by atoms with E-state index in [2.05, 4.69) is 27.5 Å². The maximum absolute atomic E-state index is 12.8. The summed E-state index contributed by atoms with van der Waals surface area (Å²) in [5, 5.41) is 25.9. The molecule has 4 heterocycles. The number of nitrogens with zero attached hydrogens (tertiary/aromatic N) is 6. The first kappa shape index (κ1) is 23.8. The Bertz CT molecular complexity index is 1110. The number of carboxylic acid groups (broad SMARTS) is 1. The number of ether oxygens (including phenoxy) is 1. The third-order valence-electron chi connectivity index (χ3n) is 5.20. The average Bonchev–Trinajstić information content (AvgIpc) is 3.36. The van der Waals surface area contributed by atoms with Crippen molar-refractivity contribution in [1.82, 2.24) is 30.2 Å². The van der Waals surface area contributed by atoms with Gasteiger partial charge in [0.2, 0.25) is 5.91 Å². The number of rotatable bonds is 11. The van der Waals surface area contributed by atoms with E-state index < -0.39 is 18.0 Å². The molecule has 2 aliphatic rings. The van der Waals surface area contributed by atoms with Crippen LogP contribution in [0.1, 0.15) is 39.5 Å². The fourth-order valence-electron chi connectivity index (χ4n) is 3.55. The zero-order chi connectivity index (χ0) is 23.5. The number of tetrazole rings is 1. The van der Waals surface area contributed by atoms with E-state index in [9.17, 15) is 19.5 Å². The number of thioether (sulfide) groups is 3. The van der Waals surface area contributed by atoms with Gasteiger partial charge >= 0.3 is 11.9 Å². The molecule has 3 atom stereocenters. The second kappa shape index (κ2) is 10.3. The number of fused-ring (bicyclic) bond motifs is 2. The molecule has 1 N–H and O–H groups in total. The maximum atomic E-state index is 12.8. The fraction of sp³-hybridized carbons (Fsp3) is 0.526. The third kappa shape index (κ3) is 4.96. The minimum atomic E-state index is -1.15. The van der Waals surface area contributed by atoms with Crippen LogP contribution >= 0.6 is 35.3 Å². The highest BCUT2D eigenvalue weighted by molar-refractivity contribution is 8.27. The van der Waals surface area contributed by atoms with E-state index in [1.807, 2.05) is 0 Å². The number of aromatic nitrogens is 5. The Morgan fingerprint density at radius 3 is 2.88 bits per heavy atom. The lowest BCUT2D eigenvalue weighted by Gasteiger charge is -2.44. The first-order valence-corrected chi connectivity index (χ1v) is 13.2. The number of amides is 1. The summed E-state index contributed by atoms with van der Waals surface area (Å²) in [6.07, 6.45) is 2.41. The number of esters is 1. The van der Waals surface area contributed by atoms with Crippen molar-refractivity contribution < 1.29 is 24.2 Å². The number of carboxylic acids is 1. The molecular formula is C19H22N6O5S3. The van der Waals surface area contributed by atoms with Crippen molar-refractivity contribution in [3.8, 4) is 0 Å². The zero-order valence-corrected chi connectivity index (χ0v) is 20.4. The highest BCUT2D eigenvalue weighted by atomic mass is 32.2. The second-order valence-electron chi connectivity index (χ2n) is 7.44. The van der Waals surface area contributed by atoms with Gasteiger partial charge in [-0.15, -0.1) is 26.6 Å². The molecule has 1 amide bonds. The van der Waals surface area contributed by atoms with E-state index in [1.54, 1.807) is 19.1 Å². The molecule has 2 aromatic rings. The molecule has 4 rings (SSSR count). The third-order valence-corrected chi connectivity index (χ3v) is 8.91. The van der Waals surface area contributed by atoms with Gasteiger partial charge in [-0.05, 0) is 35.9 Å². The second-order valence-corrected chi connectivity index (χ2v) is 11.2. The van der Waals surface area contributed by atoms with Crippen molar-refractivity contribution in [1.29, 1.82) is 0 Å². The molecule has 1 fully saturated rings. The lowest BCUT2D eigenvalue weighted by atomic mass is 9.92. The number of aliphatic carboxylic acids is 1. The Labute approximate surface area is 202 Å². The zero-order valence-electron chi connectivity index (χ0n) is 17.9. The molecule has 33 heavy (non-hydrogen) atoms. The topological polar surface area (TPSA) is 140 Å². The largest absolute Gasteiger partial charge is 0.477 e. The molecule has 0 bridgehead atoms. The monoisotopic (exact) mass is 510 g/mol. The van der Waals surface area contributed by atoms with Crippen molar-refractivity contribution in [2.75, 3.05) is 5.08 Å². The van der Waals surface area contributed by atoms with E-state index >= 15 is 0 Å². The molecule has 0 aromatic carbocycles. The van der Waals surface area contributed by atoms with Gasteiger partial charge in [0.1, 0.15) is 22.4 Å². The van der Waals surface area contributed by atoms with Crippen molar-refractivity contribution in [2.24, 2.45) is 5.92 Å². The molecule has 0 unspecified atom stereocenters.